The number of carboxylic acids is 1. The fourth-order valence-electron chi connectivity index (χ4n) is 2.28. The second kappa shape index (κ2) is 7.62. The molecule has 2 rings (SSSR count). The van der Waals surface area contributed by atoms with Crippen molar-refractivity contribution < 1.29 is 27.4 Å². The van der Waals surface area contributed by atoms with Crippen molar-refractivity contribution in [2.75, 3.05) is 13.2 Å². The number of halogens is 1. The van der Waals surface area contributed by atoms with Gasteiger partial charge >= 0.3 is 5.97 Å². The molecule has 2 aromatic rings. The third-order valence-corrected chi connectivity index (χ3v) is 4.99. The van der Waals surface area contributed by atoms with Gasteiger partial charge in [0, 0.05) is 6.54 Å². The van der Waals surface area contributed by atoms with E-state index in [1.165, 1.54) is 0 Å². The Kier molecular flexibility index (Phi) is 5.76. The molecule has 0 fully saturated rings. The van der Waals surface area contributed by atoms with Crippen LogP contribution in [-0.2, 0) is 10.0 Å². The maximum absolute atomic E-state index is 13.8. The molecule has 0 radical (unpaired) electrons. The van der Waals surface area contributed by atoms with Gasteiger partial charge in [-0.3, -0.25) is 0 Å². The van der Waals surface area contributed by atoms with Crippen LogP contribution in [-0.4, -0.2) is 32.6 Å². The number of sulfonamides is 1. The van der Waals surface area contributed by atoms with E-state index in [0.29, 0.717) is 5.75 Å². The molecule has 0 unspecified atom stereocenters. The van der Waals surface area contributed by atoms with Crippen LogP contribution in [0.1, 0.15) is 21.5 Å². The molecular formula is C17H18FNO5S. The highest BCUT2D eigenvalue weighted by Crippen LogP contribution is 2.22. The van der Waals surface area contributed by atoms with Crippen LogP contribution in [0.2, 0.25) is 0 Å². The van der Waals surface area contributed by atoms with Crippen LogP contribution in [0, 0.1) is 19.7 Å². The van der Waals surface area contributed by atoms with Crippen molar-refractivity contribution in [2.24, 2.45) is 0 Å². The lowest BCUT2D eigenvalue weighted by Gasteiger charge is -2.13. The molecule has 0 saturated carbocycles. The lowest BCUT2D eigenvalue weighted by molar-refractivity contribution is 0.0696. The molecule has 25 heavy (non-hydrogen) atoms. The molecule has 0 spiro atoms. The van der Waals surface area contributed by atoms with Crippen molar-refractivity contribution in [1.82, 2.24) is 4.72 Å². The number of ether oxygens (including phenoxy) is 1. The Labute approximate surface area is 145 Å². The third-order valence-electron chi connectivity index (χ3n) is 3.52. The Morgan fingerprint density at radius 2 is 1.84 bits per heavy atom. The molecule has 0 bridgehead atoms. The molecule has 0 atom stereocenters. The van der Waals surface area contributed by atoms with E-state index in [9.17, 15) is 17.6 Å². The van der Waals surface area contributed by atoms with Gasteiger partial charge < -0.3 is 9.84 Å². The number of hydrogen-bond donors (Lipinski definition) is 2. The third kappa shape index (κ3) is 4.55. The molecule has 0 aliphatic rings. The Morgan fingerprint density at radius 1 is 1.20 bits per heavy atom. The molecule has 8 heteroatoms. The molecular weight excluding hydrogens is 349 g/mol. The summed E-state index contributed by atoms with van der Waals surface area (Å²) in [5.41, 5.74) is 1.53. The average molecular weight is 367 g/mol. The maximum Gasteiger partial charge on any atom is 0.335 e. The summed E-state index contributed by atoms with van der Waals surface area (Å²) in [4.78, 5) is 10.2. The van der Waals surface area contributed by atoms with Crippen LogP contribution in [0.5, 0.6) is 5.75 Å². The molecule has 0 aliphatic carbocycles. The van der Waals surface area contributed by atoms with Gasteiger partial charge in [0.15, 0.2) is 0 Å². The van der Waals surface area contributed by atoms with E-state index in [0.717, 1.165) is 29.3 Å². The van der Waals surface area contributed by atoms with E-state index >= 15 is 0 Å². The Hall–Kier alpha value is -2.45. The predicted molar refractivity (Wildman–Crippen MR) is 90.0 cm³/mol. The van der Waals surface area contributed by atoms with E-state index in [2.05, 4.69) is 4.72 Å². The smallest absolute Gasteiger partial charge is 0.335 e. The van der Waals surface area contributed by atoms with E-state index in [-0.39, 0.29) is 18.7 Å². The second-order valence-corrected chi connectivity index (χ2v) is 7.15. The largest absolute Gasteiger partial charge is 0.492 e. The average Bonchev–Trinajstić information content (AvgIpc) is 2.53. The molecule has 0 saturated heterocycles. The molecule has 0 amide bonds. The molecule has 6 nitrogen and oxygen atoms in total. The van der Waals surface area contributed by atoms with Crippen molar-refractivity contribution in [2.45, 2.75) is 18.7 Å². The van der Waals surface area contributed by atoms with Crippen molar-refractivity contribution in [3.05, 3.63) is 58.9 Å². The lowest BCUT2D eigenvalue weighted by Crippen LogP contribution is -2.29. The monoisotopic (exact) mass is 367 g/mol. The number of aromatic carboxylic acids is 1. The van der Waals surface area contributed by atoms with Gasteiger partial charge in [-0.05, 0) is 43.2 Å². The van der Waals surface area contributed by atoms with Gasteiger partial charge in [-0.2, -0.15) is 0 Å². The summed E-state index contributed by atoms with van der Waals surface area (Å²) in [6, 6.07) is 8.23. The quantitative estimate of drug-likeness (QED) is 0.734. The number of carboxylic acid groups (broad SMARTS) is 1. The van der Waals surface area contributed by atoms with Crippen molar-refractivity contribution in [3.8, 4) is 5.75 Å². The van der Waals surface area contributed by atoms with Gasteiger partial charge in [-0.15, -0.1) is 0 Å². The molecule has 0 aliphatic heterocycles. The van der Waals surface area contributed by atoms with Gasteiger partial charge in [0.2, 0.25) is 10.0 Å². The number of hydrogen-bond acceptors (Lipinski definition) is 4. The second-order valence-electron chi connectivity index (χ2n) is 5.42. The van der Waals surface area contributed by atoms with Crippen molar-refractivity contribution in [1.29, 1.82) is 0 Å². The van der Waals surface area contributed by atoms with E-state index in [4.69, 9.17) is 9.84 Å². The minimum atomic E-state index is -4.19. The first-order valence-corrected chi connectivity index (χ1v) is 8.92. The van der Waals surface area contributed by atoms with Crippen LogP contribution in [0.25, 0.3) is 0 Å². The van der Waals surface area contributed by atoms with E-state index < -0.39 is 26.7 Å². The normalized spacial score (nSPS) is 11.3. The molecule has 0 aromatic heterocycles. The summed E-state index contributed by atoms with van der Waals surface area (Å²) in [6.07, 6.45) is 0. The highest BCUT2D eigenvalue weighted by Gasteiger charge is 2.20. The van der Waals surface area contributed by atoms with Gasteiger partial charge in [0.05, 0.1) is 5.56 Å². The summed E-state index contributed by atoms with van der Waals surface area (Å²) in [7, 11) is -4.19. The first-order valence-electron chi connectivity index (χ1n) is 7.44. The zero-order valence-electron chi connectivity index (χ0n) is 13.7. The maximum atomic E-state index is 13.8. The summed E-state index contributed by atoms with van der Waals surface area (Å²) in [6.45, 7) is 3.70. The summed E-state index contributed by atoms with van der Waals surface area (Å²) >= 11 is 0. The predicted octanol–water partition coefficient (Wildman–Crippen LogP) is 2.50. The van der Waals surface area contributed by atoms with Crippen LogP contribution in [0.15, 0.2) is 41.3 Å². The minimum Gasteiger partial charge on any atom is -0.492 e. The SMILES string of the molecule is Cc1cccc(C)c1OCCNS(=O)(=O)c1cc(C(=O)O)ccc1F. The number of aryl methyl sites for hydroxylation is 2. The molecule has 2 N–H and O–H groups in total. The molecule has 0 heterocycles. The zero-order valence-corrected chi connectivity index (χ0v) is 14.6. The van der Waals surface area contributed by atoms with Crippen LogP contribution in [0.4, 0.5) is 4.39 Å². The highest BCUT2D eigenvalue weighted by molar-refractivity contribution is 7.89. The Balaban J connectivity index is 2.05. The number of para-hydroxylation sites is 1. The number of rotatable bonds is 7. The zero-order chi connectivity index (χ0) is 18.6. The van der Waals surface area contributed by atoms with E-state index in [1.54, 1.807) is 0 Å². The fourth-order valence-corrected chi connectivity index (χ4v) is 3.39. The summed E-state index contributed by atoms with van der Waals surface area (Å²) < 4.78 is 45.9. The van der Waals surface area contributed by atoms with E-state index in [1.807, 2.05) is 32.0 Å². The van der Waals surface area contributed by atoms with Gasteiger partial charge in [0.25, 0.3) is 0 Å². The number of benzene rings is 2. The van der Waals surface area contributed by atoms with Crippen LogP contribution in [0.3, 0.4) is 0 Å². The minimum absolute atomic E-state index is 0.0468. The lowest BCUT2D eigenvalue weighted by atomic mass is 10.1. The van der Waals surface area contributed by atoms with Gasteiger partial charge in [-0.25, -0.2) is 22.3 Å². The number of carbonyl (C=O) groups is 1. The van der Waals surface area contributed by atoms with Gasteiger partial charge in [0.1, 0.15) is 23.1 Å². The summed E-state index contributed by atoms with van der Waals surface area (Å²) in [5.74, 6) is -1.69. The first-order chi connectivity index (χ1) is 11.7. The molecule has 2 aromatic carbocycles. The van der Waals surface area contributed by atoms with Crippen molar-refractivity contribution in [3.63, 3.8) is 0 Å². The number of nitrogens with one attached hydrogen (secondary N) is 1. The Morgan fingerprint density at radius 3 is 2.44 bits per heavy atom. The molecule has 134 valence electrons. The highest BCUT2D eigenvalue weighted by atomic mass is 32.2. The summed E-state index contributed by atoms with van der Waals surface area (Å²) in [5, 5.41) is 8.90. The topological polar surface area (TPSA) is 92.7 Å². The fraction of sp³-hybridized carbons (Fsp3) is 0.235. The standard InChI is InChI=1S/C17H18FNO5S/c1-11-4-3-5-12(2)16(11)24-9-8-19-25(22,23)15-10-13(17(20)21)6-7-14(15)18/h3-7,10,19H,8-9H2,1-2H3,(H,20,21). The van der Waals surface area contributed by atoms with Gasteiger partial charge in [-0.1, -0.05) is 18.2 Å². The van der Waals surface area contributed by atoms with Crippen LogP contribution < -0.4 is 9.46 Å². The van der Waals surface area contributed by atoms with Crippen molar-refractivity contribution >= 4 is 16.0 Å². The first kappa shape index (κ1) is 18.9. The van der Waals surface area contributed by atoms with Crippen LogP contribution >= 0.6 is 0 Å². The Bertz CT molecular complexity index is 876.